The summed E-state index contributed by atoms with van der Waals surface area (Å²) in [5.74, 6) is -0.844. The molecule has 2 aromatic heterocycles. The number of carbonyl (C=O) groups excluding carboxylic acids is 2. The lowest BCUT2D eigenvalue weighted by Gasteiger charge is -2.28. The van der Waals surface area contributed by atoms with Crippen LogP contribution >= 0.6 is 0 Å². The number of aliphatic hydroxyl groups excluding tert-OH is 1. The van der Waals surface area contributed by atoms with Gasteiger partial charge in [0.15, 0.2) is 17.3 Å². The fraction of sp³-hybridized carbons (Fsp3) is 0.346. The molecule has 1 atom stereocenters. The first-order valence-corrected chi connectivity index (χ1v) is 11.3. The zero-order chi connectivity index (χ0) is 25.4. The van der Waals surface area contributed by atoms with Gasteiger partial charge in [-0.1, -0.05) is 18.2 Å². The summed E-state index contributed by atoms with van der Waals surface area (Å²) in [7, 11) is 6.81. The molecule has 0 unspecified atom stereocenters. The molecule has 3 aromatic rings. The van der Waals surface area contributed by atoms with Crippen molar-refractivity contribution < 1.29 is 24.2 Å². The number of benzene rings is 1. The molecule has 9 heteroatoms. The molecule has 9 nitrogen and oxygen atoms in total. The van der Waals surface area contributed by atoms with Crippen LogP contribution in [-0.4, -0.2) is 77.4 Å². The molecule has 1 aliphatic heterocycles. The van der Waals surface area contributed by atoms with Gasteiger partial charge in [0.25, 0.3) is 11.7 Å². The number of aromatic nitrogens is 2. The summed E-state index contributed by atoms with van der Waals surface area (Å²) in [4.78, 5) is 34.7. The maximum Gasteiger partial charge on any atom is 0.295 e. The molecule has 1 N–H and O–H groups in total. The van der Waals surface area contributed by atoms with Crippen molar-refractivity contribution in [2.24, 2.45) is 0 Å². The van der Waals surface area contributed by atoms with Gasteiger partial charge in [0.1, 0.15) is 11.3 Å². The van der Waals surface area contributed by atoms with Gasteiger partial charge in [0.2, 0.25) is 0 Å². The smallest absolute Gasteiger partial charge is 0.295 e. The van der Waals surface area contributed by atoms with E-state index < -0.39 is 17.7 Å². The Kier molecular flexibility index (Phi) is 6.53. The second-order valence-corrected chi connectivity index (χ2v) is 8.81. The van der Waals surface area contributed by atoms with Gasteiger partial charge in [0, 0.05) is 24.8 Å². The number of para-hydroxylation sites is 1. The molecule has 1 saturated heterocycles. The number of aliphatic hydroxyl groups is 1. The number of amides is 1. The summed E-state index contributed by atoms with van der Waals surface area (Å²) in [5, 5.41) is 11.6. The molecule has 1 amide bonds. The largest absolute Gasteiger partial charge is 0.505 e. The molecule has 184 valence electrons. The van der Waals surface area contributed by atoms with Crippen LogP contribution in [0.1, 0.15) is 28.6 Å². The second-order valence-electron chi connectivity index (χ2n) is 8.81. The molecule has 35 heavy (non-hydrogen) atoms. The lowest BCUT2D eigenvalue weighted by molar-refractivity contribution is -0.140. The summed E-state index contributed by atoms with van der Waals surface area (Å²) < 4.78 is 12.9. The van der Waals surface area contributed by atoms with Crippen molar-refractivity contribution in [3.63, 3.8) is 0 Å². The van der Waals surface area contributed by atoms with Crippen LogP contribution in [0.2, 0.25) is 0 Å². The van der Waals surface area contributed by atoms with E-state index in [0.717, 1.165) is 5.56 Å². The van der Waals surface area contributed by atoms with Crippen molar-refractivity contribution in [1.29, 1.82) is 0 Å². The van der Waals surface area contributed by atoms with E-state index in [0.29, 0.717) is 40.6 Å². The van der Waals surface area contributed by atoms with E-state index in [1.807, 2.05) is 38.1 Å². The molecule has 0 spiro atoms. The number of nitrogens with zero attached hydrogens (tertiary/aromatic N) is 4. The number of imidazole rings is 1. The van der Waals surface area contributed by atoms with Crippen molar-refractivity contribution in [1.82, 2.24) is 19.2 Å². The Balaban J connectivity index is 2.01. The van der Waals surface area contributed by atoms with Crippen molar-refractivity contribution in [2.45, 2.75) is 19.9 Å². The standard InChI is InChI=1S/C26H30N4O5/c1-15-9-8-12-29-20(16(2)27-25(15)29)22(31)19-21(17-10-7-11-18(34-5)24(17)35-6)30(14-13-28(3)4)26(33)23(19)32/h7-12,21,31H,13-14H2,1-6H3/t21-/m0/s1. The van der Waals surface area contributed by atoms with E-state index >= 15 is 0 Å². The molecule has 0 saturated carbocycles. The van der Waals surface area contributed by atoms with E-state index in [1.54, 1.807) is 35.7 Å². The Morgan fingerprint density at radius 2 is 1.86 bits per heavy atom. The van der Waals surface area contributed by atoms with Crippen LogP contribution in [0.25, 0.3) is 11.4 Å². The average molecular weight is 479 g/mol. The van der Waals surface area contributed by atoms with E-state index in [1.165, 1.54) is 19.1 Å². The number of pyridine rings is 1. The van der Waals surface area contributed by atoms with Crippen LogP contribution in [0.3, 0.4) is 0 Å². The molecular formula is C26H30N4O5. The molecule has 4 rings (SSSR count). The second kappa shape index (κ2) is 9.42. The Labute approximate surface area is 204 Å². The zero-order valence-corrected chi connectivity index (χ0v) is 20.8. The molecule has 3 heterocycles. The lowest BCUT2D eigenvalue weighted by Crippen LogP contribution is -2.35. The quantitative estimate of drug-likeness (QED) is 0.317. The van der Waals surface area contributed by atoms with Gasteiger partial charge < -0.3 is 24.4 Å². The number of methoxy groups -OCH3 is 2. The SMILES string of the molecule is COc1cccc([C@H]2C(=C(O)c3c(C)nc4c(C)cccn34)C(=O)C(=O)N2CCN(C)C)c1OC. The minimum atomic E-state index is -0.866. The number of fused-ring (bicyclic) bond motifs is 1. The van der Waals surface area contributed by atoms with E-state index in [2.05, 4.69) is 4.98 Å². The van der Waals surface area contributed by atoms with Crippen molar-refractivity contribution in [3.05, 3.63) is 64.6 Å². The topological polar surface area (TPSA) is 96.6 Å². The highest BCUT2D eigenvalue weighted by molar-refractivity contribution is 6.46. The van der Waals surface area contributed by atoms with Crippen LogP contribution in [0, 0.1) is 13.8 Å². The zero-order valence-electron chi connectivity index (χ0n) is 20.8. The van der Waals surface area contributed by atoms with E-state index in [9.17, 15) is 14.7 Å². The highest BCUT2D eigenvalue weighted by Crippen LogP contribution is 2.45. The number of aryl methyl sites for hydroxylation is 2. The number of likely N-dealkylation sites (tertiary alicyclic amines) is 1. The summed E-state index contributed by atoms with van der Waals surface area (Å²) in [5.41, 5.74) is 3.06. The Morgan fingerprint density at radius 3 is 2.51 bits per heavy atom. The Hall–Kier alpha value is -3.85. The predicted octanol–water partition coefficient (Wildman–Crippen LogP) is 2.95. The molecule has 1 aromatic carbocycles. The highest BCUT2D eigenvalue weighted by atomic mass is 16.5. The summed E-state index contributed by atoms with van der Waals surface area (Å²) in [6.45, 7) is 4.51. The number of likely N-dealkylation sites (N-methyl/N-ethyl adjacent to an activating group) is 1. The summed E-state index contributed by atoms with van der Waals surface area (Å²) in [6, 6.07) is 8.19. The fourth-order valence-electron chi connectivity index (χ4n) is 4.60. The summed E-state index contributed by atoms with van der Waals surface area (Å²) >= 11 is 0. The first-order chi connectivity index (χ1) is 16.7. The third kappa shape index (κ3) is 4.01. The first-order valence-electron chi connectivity index (χ1n) is 11.3. The Bertz CT molecular complexity index is 1340. The molecule has 1 fully saturated rings. The van der Waals surface area contributed by atoms with Crippen LogP contribution in [0.4, 0.5) is 0 Å². The lowest BCUT2D eigenvalue weighted by atomic mass is 9.95. The predicted molar refractivity (Wildman–Crippen MR) is 132 cm³/mol. The van der Waals surface area contributed by atoms with Crippen LogP contribution in [-0.2, 0) is 9.59 Å². The maximum atomic E-state index is 13.4. The minimum absolute atomic E-state index is 0.00767. The molecule has 0 radical (unpaired) electrons. The number of carbonyl (C=O) groups is 2. The number of ether oxygens (including phenoxy) is 2. The van der Waals surface area contributed by atoms with Gasteiger partial charge in [-0.2, -0.15) is 0 Å². The van der Waals surface area contributed by atoms with Gasteiger partial charge in [-0.05, 0) is 45.6 Å². The molecular weight excluding hydrogens is 448 g/mol. The number of ketones is 1. The fourth-order valence-corrected chi connectivity index (χ4v) is 4.60. The first kappa shape index (κ1) is 24.3. The molecule has 0 bridgehead atoms. The number of Topliss-reactive ketones (excluding diaryl/α,β-unsaturated/α-hetero) is 1. The number of hydrogen-bond acceptors (Lipinski definition) is 7. The van der Waals surface area contributed by atoms with Gasteiger partial charge in [-0.15, -0.1) is 0 Å². The van der Waals surface area contributed by atoms with Gasteiger partial charge >= 0.3 is 0 Å². The monoisotopic (exact) mass is 478 g/mol. The van der Waals surface area contributed by atoms with E-state index in [4.69, 9.17) is 9.47 Å². The van der Waals surface area contributed by atoms with Crippen molar-refractivity contribution in [3.8, 4) is 11.5 Å². The van der Waals surface area contributed by atoms with Crippen molar-refractivity contribution >= 4 is 23.1 Å². The Morgan fingerprint density at radius 1 is 1.11 bits per heavy atom. The van der Waals surface area contributed by atoms with Crippen LogP contribution < -0.4 is 9.47 Å². The highest BCUT2D eigenvalue weighted by Gasteiger charge is 2.47. The maximum absolute atomic E-state index is 13.4. The third-order valence-corrected chi connectivity index (χ3v) is 6.30. The third-order valence-electron chi connectivity index (χ3n) is 6.30. The average Bonchev–Trinajstić information content (AvgIpc) is 3.30. The minimum Gasteiger partial charge on any atom is -0.505 e. The van der Waals surface area contributed by atoms with Gasteiger partial charge in [0.05, 0.1) is 31.5 Å². The van der Waals surface area contributed by atoms with E-state index in [-0.39, 0.29) is 17.9 Å². The molecule has 0 aliphatic carbocycles. The van der Waals surface area contributed by atoms with Gasteiger partial charge in [-0.3, -0.25) is 14.0 Å². The summed E-state index contributed by atoms with van der Waals surface area (Å²) in [6.07, 6.45) is 1.78. The molecule has 1 aliphatic rings. The normalized spacial score (nSPS) is 17.6. The number of hydrogen-bond donors (Lipinski definition) is 1. The van der Waals surface area contributed by atoms with Crippen LogP contribution in [0.15, 0.2) is 42.1 Å². The number of rotatable bonds is 7. The van der Waals surface area contributed by atoms with Gasteiger partial charge in [-0.25, -0.2) is 4.98 Å². The van der Waals surface area contributed by atoms with Crippen molar-refractivity contribution in [2.75, 3.05) is 41.4 Å². The van der Waals surface area contributed by atoms with Crippen LogP contribution in [0.5, 0.6) is 11.5 Å².